The van der Waals surface area contributed by atoms with Gasteiger partial charge in [0.25, 0.3) is 0 Å². The Morgan fingerprint density at radius 3 is 2.28 bits per heavy atom. The average Bonchev–Trinajstić information content (AvgIpc) is 2.60. The number of hydrogen-bond acceptors (Lipinski definition) is 6. The van der Waals surface area contributed by atoms with Gasteiger partial charge in [-0.2, -0.15) is 0 Å². The summed E-state index contributed by atoms with van der Waals surface area (Å²) >= 11 is 0. The molecule has 1 rings (SSSR count). The number of ether oxygens (including phenoxy) is 1. The van der Waals surface area contributed by atoms with E-state index in [-0.39, 0.29) is 6.42 Å². The molecule has 0 saturated carbocycles. The van der Waals surface area contributed by atoms with Crippen molar-refractivity contribution in [2.24, 2.45) is 5.92 Å². The molecule has 0 amide bonds. The summed E-state index contributed by atoms with van der Waals surface area (Å²) in [5, 5.41) is 37.7. The Balaban J connectivity index is 2.83. The van der Waals surface area contributed by atoms with Gasteiger partial charge in [0.15, 0.2) is 0 Å². The molecule has 3 N–H and O–H groups in total. The van der Waals surface area contributed by atoms with Crippen LogP contribution in [0.1, 0.15) is 19.3 Å². The third-order valence-electron chi connectivity index (χ3n) is 2.51. The molecular weight excluding hydrogens is 250 g/mol. The molecule has 0 fully saturated rings. The lowest BCUT2D eigenvalue weighted by Gasteiger charge is -2.29. The fraction of sp³-hybridized carbons (Fsp3) is 0.556. The van der Waals surface area contributed by atoms with Crippen LogP contribution in [0.5, 0.6) is 0 Å². The summed E-state index contributed by atoms with van der Waals surface area (Å²) in [5.41, 5.74) is 0. The summed E-state index contributed by atoms with van der Waals surface area (Å²) in [6.45, 7) is 0. The lowest BCUT2D eigenvalue weighted by molar-refractivity contribution is -0.477. The second-order valence-electron chi connectivity index (χ2n) is 3.84. The summed E-state index contributed by atoms with van der Waals surface area (Å²) in [7, 11) is 0. The fourth-order valence-corrected chi connectivity index (χ4v) is 1.67. The molecule has 0 spiro atoms. The van der Waals surface area contributed by atoms with Crippen LogP contribution in [-0.4, -0.2) is 38.0 Å². The maximum atomic E-state index is 10.6. The van der Waals surface area contributed by atoms with E-state index in [1.165, 1.54) is 0 Å². The van der Waals surface area contributed by atoms with Gasteiger partial charge in [0.1, 0.15) is 4.92 Å². The number of nitrogens with zero attached hydrogens (tertiary/aromatic N) is 1. The van der Waals surface area contributed by atoms with Crippen molar-refractivity contribution < 1.29 is 34.6 Å². The summed E-state index contributed by atoms with van der Waals surface area (Å²) < 4.78 is 4.67. The zero-order valence-corrected chi connectivity index (χ0v) is 9.11. The van der Waals surface area contributed by atoms with Crippen LogP contribution < -0.4 is 0 Å². The molecule has 1 heterocycles. The minimum Gasteiger partial charge on any atom is -0.481 e. The van der Waals surface area contributed by atoms with Gasteiger partial charge in [-0.1, -0.05) is 0 Å². The third kappa shape index (κ3) is 3.17. The molecule has 0 bridgehead atoms. The van der Waals surface area contributed by atoms with Crippen LogP contribution in [0.2, 0.25) is 0 Å². The number of carbonyl (C=O) groups is 2. The molecule has 0 saturated heterocycles. The van der Waals surface area contributed by atoms with Gasteiger partial charge >= 0.3 is 17.8 Å². The lowest BCUT2D eigenvalue weighted by atomic mass is 9.90. The normalized spacial score (nSPS) is 22.4. The highest BCUT2D eigenvalue weighted by Crippen LogP contribution is 2.36. The van der Waals surface area contributed by atoms with Gasteiger partial charge in [-0.25, -0.2) is 0 Å². The van der Waals surface area contributed by atoms with Crippen molar-refractivity contribution in [2.75, 3.05) is 0 Å². The van der Waals surface area contributed by atoms with Crippen LogP contribution in [0.3, 0.4) is 0 Å². The minimum atomic E-state index is -2.17. The number of nitro groups is 1. The van der Waals surface area contributed by atoms with Crippen LogP contribution in [0.25, 0.3) is 0 Å². The van der Waals surface area contributed by atoms with Crippen LogP contribution >= 0.6 is 0 Å². The number of rotatable bonds is 6. The maximum Gasteiger partial charge on any atom is 0.426 e. The first-order valence-corrected chi connectivity index (χ1v) is 4.94. The van der Waals surface area contributed by atoms with Gasteiger partial charge in [0.05, 0.1) is 12.8 Å². The topological polar surface area (TPSA) is 147 Å². The van der Waals surface area contributed by atoms with Crippen molar-refractivity contribution >= 4 is 11.9 Å². The highest BCUT2D eigenvalue weighted by atomic mass is 16.7. The minimum absolute atomic E-state index is 0.325. The van der Waals surface area contributed by atoms with Gasteiger partial charge in [-0.3, -0.25) is 19.7 Å². The first-order valence-electron chi connectivity index (χ1n) is 4.94. The zero-order valence-electron chi connectivity index (χ0n) is 9.11. The highest BCUT2D eigenvalue weighted by molar-refractivity contribution is 5.71. The smallest absolute Gasteiger partial charge is 0.426 e. The van der Waals surface area contributed by atoms with Crippen molar-refractivity contribution in [2.45, 2.75) is 25.0 Å². The molecule has 1 aliphatic heterocycles. The number of carboxylic acids is 2. The van der Waals surface area contributed by atoms with E-state index >= 15 is 0 Å². The van der Waals surface area contributed by atoms with Gasteiger partial charge in [-0.15, -0.1) is 0 Å². The molecule has 0 radical (unpaired) electrons. The van der Waals surface area contributed by atoms with E-state index in [2.05, 4.69) is 4.74 Å². The Hall–Kier alpha value is -2.16. The van der Waals surface area contributed by atoms with E-state index in [1.54, 1.807) is 0 Å². The lowest BCUT2D eigenvalue weighted by Crippen LogP contribution is -2.40. The van der Waals surface area contributed by atoms with Gasteiger partial charge in [0, 0.05) is 18.4 Å². The largest absolute Gasteiger partial charge is 0.481 e. The second-order valence-corrected chi connectivity index (χ2v) is 3.84. The molecule has 100 valence electrons. The molecule has 18 heavy (non-hydrogen) atoms. The molecule has 1 unspecified atom stereocenters. The standard InChI is InChI=1S/C9H11NO8/c11-7(12)3-5(4-8(13)14)9(15)2-1-6(18-9)10(16)17/h1,5,15H,2-4H2,(H,11,12)(H,13,14). The summed E-state index contributed by atoms with van der Waals surface area (Å²) in [5.74, 6) is -6.81. The quantitative estimate of drug-likeness (QED) is 0.439. The molecule has 0 aromatic rings. The summed E-state index contributed by atoms with van der Waals surface area (Å²) in [6, 6.07) is 0. The predicted molar refractivity (Wildman–Crippen MR) is 53.7 cm³/mol. The molecule has 9 heteroatoms. The number of aliphatic hydroxyl groups is 1. The van der Waals surface area contributed by atoms with Crippen LogP contribution in [0.4, 0.5) is 0 Å². The second kappa shape index (κ2) is 5.00. The Labute approximate surface area is 100 Å². The molecule has 0 aromatic carbocycles. The van der Waals surface area contributed by atoms with Gasteiger partial charge in [0.2, 0.25) is 5.79 Å². The van der Waals surface area contributed by atoms with E-state index in [4.69, 9.17) is 10.2 Å². The van der Waals surface area contributed by atoms with E-state index in [1.807, 2.05) is 0 Å². The first kappa shape index (κ1) is 13.9. The Kier molecular flexibility index (Phi) is 3.86. The molecule has 0 aliphatic carbocycles. The average molecular weight is 261 g/mol. The van der Waals surface area contributed by atoms with Crippen LogP contribution in [0.15, 0.2) is 12.0 Å². The monoisotopic (exact) mass is 261 g/mol. The highest BCUT2D eigenvalue weighted by Gasteiger charge is 2.47. The fourth-order valence-electron chi connectivity index (χ4n) is 1.67. The summed E-state index contributed by atoms with van der Waals surface area (Å²) in [4.78, 5) is 30.7. The Morgan fingerprint density at radius 2 is 1.94 bits per heavy atom. The maximum absolute atomic E-state index is 10.6. The van der Waals surface area contributed by atoms with Crippen LogP contribution in [0, 0.1) is 16.0 Å². The number of hydrogen-bond donors (Lipinski definition) is 3. The van der Waals surface area contributed by atoms with Crippen molar-refractivity contribution in [3.63, 3.8) is 0 Å². The van der Waals surface area contributed by atoms with E-state index in [9.17, 15) is 24.8 Å². The van der Waals surface area contributed by atoms with Crippen molar-refractivity contribution in [3.05, 3.63) is 22.1 Å². The number of aliphatic carboxylic acids is 2. The van der Waals surface area contributed by atoms with E-state index in [0.29, 0.717) is 0 Å². The zero-order chi connectivity index (χ0) is 13.9. The molecule has 0 aromatic heterocycles. The van der Waals surface area contributed by atoms with Gasteiger partial charge in [-0.05, 0) is 0 Å². The number of carboxylic acid groups (broad SMARTS) is 2. The van der Waals surface area contributed by atoms with Gasteiger partial charge < -0.3 is 20.1 Å². The molecular formula is C9H11NO8. The molecule has 9 nitrogen and oxygen atoms in total. The predicted octanol–water partition coefficient (Wildman–Crippen LogP) is -0.221. The van der Waals surface area contributed by atoms with Crippen molar-refractivity contribution in [1.29, 1.82) is 0 Å². The Bertz CT molecular complexity index is 401. The van der Waals surface area contributed by atoms with Crippen molar-refractivity contribution in [1.82, 2.24) is 0 Å². The molecule has 1 aliphatic rings. The van der Waals surface area contributed by atoms with E-state index < -0.39 is 47.3 Å². The van der Waals surface area contributed by atoms with Crippen LogP contribution in [-0.2, 0) is 14.3 Å². The van der Waals surface area contributed by atoms with E-state index in [0.717, 1.165) is 6.08 Å². The molecule has 1 atom stereocenters. The third-order valence-corrected chi connectivity index (χ3v) is 2.51. The summed E-state index contributed by atoms with van der Waals surface area (Å²) in [6.07, 6.45) is -0.672. The van der Waals surface area contributed by atoms with Crippen molar-refractivity contribution in [3.8, 4) is 0 Å². The SMILES string of the molecule is O=C(O)CC(CC(=O)O)C1(O)CC=C([N+](=O)[O-])O1. The Morgan fingerprint density at radius 1 is 1.44 bits per heavy atom. The first-order chi connectivity index (χ1) is 8.24.